The maximum atomic E-state index is 13.6. The van der Waals surface area contributed by atoms with Crippen molar-refractivity contribution in [3.8, 4) is 11.1 Å². The molecule has 3 rings (SSSR count). The Morgan fingerprint density at radius 3 is 2.37 bits per heavy atom. The standard InChI is InChI=1S/C27H28ClFN2O4/c1-6-16-7-9-19(25(33)20-10-8-18(29)13-23(20)28)21(11-16)22-15-31(5)24(32)12-17(22)14-30-26(34)35-27(2,3)4/h7-13,15H,6,14H2,1-5H3,(H,30,34). The molecule has 1 amide bonds. The molecule has 8 heteroatoms. The molecule has 3 aromatic rings. The van der Waals surface area contributed by atoms with Crippen LogP contribution in [-0.2, 0) is 24.8 Å². The van der Waals surface area contributed by atoms with Crippen LogP contribution in [0.5, 0.6) is 0 Å². The number of ether oxygens (including phenoxy) is 1. The molecule has 6 nitrogen and oxygen atoms in total. The molecular weight excluding hydrogens is 471 g/mol. The van der Waals surface area contributed by atoms with E-state index in [0.29, 0.717) is 22.3 Å². The van der Waals surface area contributed by atoms with Gasteiger partial charge in [-0.25, -0.2) is 9.18 Å². The van der Waals surface area contributed by atoms with Gasteiger partial charge in [-0.2, -0.15) is 0 Å². The van der Waals surface area contributed by atoms with Gasteiger partial charge >= 0.3 is 6.09 Å². The summed E-state index contributed by atoms with van der Waals surface area (Å²) in [5.74, 6) is -0.922. The van der Waals surface area contributed by atoms with Gasteiger partial charge in [-0.1, -0.05) is 36.7 Å². The van der Waals surface area contributed by atoms with Gasteiger partial charge in [0.25, 0.3) is 5.56 Å². The van der Waals surface area contributed by atoms with Gasteiger partial charge in [-0.3, -0.25) is 9.59 Å². The van der Waals surface area contributed by atoms with E-state index in [4.69, 9.17) is 16.3 Å². The highest BCUT2D eigenvalue weighted by molar-refractivity contribution is 6.35. The molecule has 0 aliphatic rings. The number of halogens is 2. The van der Waals surface area contributed by atoms with Gasteiger partial charge in [-0.15, -0.1) is 0 Å². The number of rotatable bonds is 6. The number of hydrogen-bond acceptors (Lipinski definition) is 4. The number of aromatic nitrogens is 1. The summed E-state index contributed by atoms with van der Waals surface area (Å²) in [6, 6.07) is 10.5. The molecule has 0 spiro atoms. The van der Waals surface area contributed by atoms with Crippen molar-refractivity contribution < 1.29 is 18.7 Å². The van der Waals surface area contributed by atoms with Crippen molar-refractivity contribution in [2.24, 2.45) is 7.05 Å². The molecule has 35 heavy (non-hydrogen) atoms. The summed E-state index contributed by atoms with van der Waals surface area (Å²) in [5.41, 5.74) is 2.23. The second-order valence-electron chi connectivity index (χ2n) is 9.20. The summed E-state index contributed by atoms with van der Waals surface area (Å²) in [7, 11) is 1.61. The lowest BCUT2D eigenvalue weighted by atomic mass is 9.90. The first-order chi connectivity index (χ1) is 16.4. The van der Waals surface area contributed by atoms with Gasteiger partial charge in [0, 0.05) is 42.5 Å². The van der Waals surface area contributed by atoms with Crippen LogP contribution < -0.4 is 10.9 Å². The Bertz CT molecular complexity index is 1340. The number of hydrogen-bond donors (Lipinski definition) is 1. The third-order valence-corrected chi connectivity index (χ3v) is 5.65. The van der Waals surface area contributed by atoms with Crippen LogP contribution in [0.4, 0.5) is 9.18 Å². The van der Waals surface area contributed by atoms with Crippen LogP contribution in [0.15, 0.2) is 53.5 Å². The van der Waals surface area contributed by atoms with Gasteiger partial charge in [0.05, 0.1) is 5.02 Å². The van der Waals surface area contributed by atoms with E-state index >= 15 is 0 Å². The number of alkyl carbamates (subject to hydrolysis) is 1. The lowest BCUT2D eigenvalue weighted by molar-refractivity contribution is 0.0523. The van der Waals surface area contributed by atoms with E-state index in [0.717, 1.165) is 18.1 Å². The predicted molar refractivity (Wildman–Crippen MR) is 134 cm³/mol. The second kappa shape index (κ2) is 10.4. The molecule has 1 aromatic heterocycles. The zero-order valence-corrected chi connectivity index (χ0v) is 21.1. The monoisotopic (exact) mass is 498 g/mol. The number of aryl methyl sites for hydroxylation is 2. The van der Waals surface area contributed by atoms with E-state index in [1.54, 1.807) is 40.1 Å². The van der Waals surface area contributed by atoms with Crippen molar-refractivity contribution in [1.29, 1.82) is 0 Å². The number of ketones is 1. The molecule has 2 aromatic carbocycles. The minimum Gasteiger partial charge on any atom is -0.444 e. The lowest BCUT2D eigenvalue weighted by Crippen LogP contribution is -2.32. The highest BCUT2D eigenvalue weighted by Gasteiger charge is 2.22. The van der Waals surface area contributed by atoms with Crippen LogP contribution >= 0.6 is 11.6 Å². The molecule has 1 N–H and O–H groups in total. The van der Waals surface area contributed by atoms with E-state index in [-0.39, 0.29) is 28.5 Å². The summed E-state index contributed by atoms with van der Waals surface area (Å²) in [6.07, 6.45) is 1.73. The third-order valence-electron chi connectivity index (χ3n) is 5.34. The lowest BCUT2D eigenvalue weighted by Gasteiger charge is -2.20. The topological polar surface area (TPSA) is 77.4 Å². The molecule has 184 valence electrons. The molecular formula is C27H28ClFN2O4. The van der Waals surface area contributed by atoms with E-state index in [1.165, 1.54) is 22.8 Å². The van der Waals surface area contributed by atoms with Gasteiger partial charge in [0.15, 0.2) is 5.78 Å². The largest absolute Gasteiger partial charge is 0.444 e. The number of benzene rings is 2. The zero-order valence-electron chi connectivity index (χ0n) is 20.4. The van der Waals surface area contributed by atoms with E-state index < -0.39 is 17.5 Å². The Kier molecular flexibility index (Phi) is 7.80. The van der Waals surface area contributed by atoms with Gasteiger partial charge in [-0.05, 0) is 62.1 Å². The zero-order chi connectivity index (χ0) is 25.9. The molecule has 1 heterocycles. The van der Waals surface area contributed by atoms with Gasteiger partial charge < -0.3 is 14.6 Å². The Labute approximate surface area is 208 Å². The minimum absolute atomic E-state index is 0.00722. The molecule has 0 fully saturated rings. The maximum absolute atomic E-state index is 13.6. The first kappa shape index (κ1) is 26.2. The Morgan fingerprint density at radius 2 is 1.74 bits per heavy atom. The number of nitrogens with zero attached hydrogens (tertiary/aromatic N) is 1. The summed E-state index contributed by atoms with van der Waals surface area (Å²) in [6.45, 7) is 7.27. The minimum atomic E-state index is -0.677. The van der Waals surface area contributed by atoms with Crippen LogP contribution in [-0.4, -0.2) is 22.0 Å². The molecule has 0 unspecified atom stereocenters. The van der Waals surface area contributed by atoms with Crippen LogP contribution in [0, 0.1) is 5.82 Å². The summed E-state index contributed by atoms with van der Waals surface area (Å²) in [5, 5.41) is 2.69. The Hall–Kier alpha value is -3.45. The Morgan fingerprint density at radius 1 is 1.06 bits per heavy atom. The Balaban J connectivity index is 2.13. The highest BCUT2D eigenvalue weighted by atomic mass is 35.5. The van der Waals surface area contributed by atoms with Gasteiger partial charge in [0.2, 0.25) is 0 Å². The van der Waals surface area contributed by atoms with Crippen LogP contribution in [0.25, 0.3) is 11.1 Å². The highest BCUT2D eigenvalue weighted by Crippen LogP contribution is 2.31. The molecule has 0 aliphatic carbocycles. The second-order valence-corrected chi connectivity index (χ2v) is 9.61. The van der Waals surface area contributed by atoms with Crippen molar-refractivity contribution >= 4 is 23.5 Å². The fraction of sp³-hybridized carbons (Fsp3) is 0.296. The maximum Gasteiger partial charge on any atom is 0.407 e. The molecule has 0 saturated heterocycles. The van der Waals surface area contributed by atoms with Crippen molar-refractivity contribution in [2.75, 3.05) is 0 Å². The molecule has 0 radical (unpaired) electrons. The quantitative estimate of drug-likeness (QED) is 0.445. The fourth-order valence-electron chi connectivity index (χ4n) is 3.59. The van der Waals surface area contributed by atoms with Crippen molar-refractivity contribution in [2.45, 2.75) is 46.3 Å². The molecule has 0 bridgehead atoms. The van der Waals surface area contributed by atoms with Crippen molar-refractivity contribution in [1.82, 2.24) is 9.88 Å². The average Bonchev–Trinajstić information content (AvgIpc) is 2.77. The first-order valence-electron chi connectivity index (χ1n) is 11.2. The first-order valence-corrected chi connectivity index (χ1v) is 11.6. The predicted octanol–water partition coefficient (Wildman–Crippen LogP) is 5.66. The normalized spacial score (nSPS) is 11.3. The van der Waals surface area contributed by atoms with E-state index in [1.807, 2.05) is 19.1 Å². The molecule has 0 saturated carbocycles. The number of carbonyl (C=O) groups excluding carboxylic acids is 2. The van der Waals surface area contributed by atoms with Crippen molar-refractivity contribution in [3.05, 3.63) is 92.1 Å². The third kappa shape index (κ3) is 6.36. The van der Waals surface area contributed by atoms with Crippen LogP contribution in [0.3, 0.4) is 0 Å². The SMILES string of the molecule is CCc1ccc(C(=O)c2ccc(F)cc2Cl)c(-c2cn(C)c(=O)cc2CNC(=O)OC(C)(C)C)c1. The molecule has 0 atom stereocenters. The van der Waals surface area contributed by atoms with Crippen LogP contribution in [0.2, 0.25) is 5.02 Å². The van der Waals surface area contributed by atoms with Gasteiger partial charge in [0.1, 0.15) is 11.4 Å². The van der Waals surface area contributed by atoms with E-state index in [2.05, 4.69) is 5.32 Å². The van der Waals surface area contributed by atoms with Crippen molar-refractivity contribution in [3.63, 3.8) is 0 Å². The fourth-order valence-corrected chi connectivity index (χ4v) is 3.84. The number of amides is 1. The number of nitrogens with one attached hydrogen (secondary N) is 1. The average molecular weight is 499 g/mol. The summed E-state index contributed by atoms with van der Waals surface area (Å²) < 4.78 is 20.3. The molecule has 0 aliphatic heterocycles. The van der Waals surface area contributed by atoms with E-state index in [9.17, 15) is 18.8 Å². The number of carbonyl (C=O) groups is 2. The van der Waals surface area contributed by atoms with Crippen LogP contribution in [0.1, 0.15) is 54.7 Å². The number of pyridine rings is 1. The smallest absolute Gasteiger partial charge is 0.407 e. The summed E-state index contributed by atoms with van der Waals surface area (Å²) >= 11 is 6.18. The summed E-state index contributed by atoms with van der Waals surface area (Å²) in [4.78, 5) is 38.2.